The predicted molar refractivity (Wildman–Crippen MR) is 55.6 cm³/mol. The lowest BCUT2D eigenvalue weighted by Gasteiger charge is -2.02. The summed E-state index contributed by atoms with van der Waals surface area (Å²) in [6.45, 7) is 1.67. The first kappa shape index (κ1) is 10.6. The standard InChI is InChI=1S/C10H10Cl2O/c1-7(12)10(13)9-4-2-8(6-11)3-5-9/h2-5,7H,6H2,1H3. The molecule has 3 heteroatoms. The van der Waals surface area contributed by atoms with E-state index in [0.717, 1.165) is 5.56 Å². The van der Waals surface area contributed by atoms with E-state index in [1.165, 1.54) is 0 Å². The fourth-order valence-corrected chi connectivity index (χ4v) is 1.29. The SMILES string of the molecule is CC(Cl)C(=O)c1ccc(CCl)cc1. The van der Waals surface area contributed by atoms with Crippen molar-refractivity contribution >= 4 is 29.0 Å². The van der Waals surface area contributed by atoms with Gasteiger partial charge >= 0.3 is 0 Å². The van der Waals surface area contributed by atoms with Crippen LogP contribution < -0.4 is 0 Å². The van der Waals surface area contributed by atoms with E-state index >= 15 is 0 Å². The molecular formula is C10H10Cl2O. The normalized spacial score (nSPS) is 12.5. The molecule has 0 aliphatic heterocycles. The van der Waals surface area contributed by atoms with Gasteiger partial charge in [-0.15, -0.1) is 23.2 Å². The lowest BCUT2D eigenvalue weighted by molar-refractivity contribution is 0.0992. The molecule has 0 aliphatic rings. The van der Waals surface area contributed by atoms with Gasteiger partial charge in [-0.2, -0.15) is 0 Å². The lowest BCUT2D eigenvalue weighted by atomic mass is 10.1. The highest BCUT2D eigenvalue weighted by Gasteiger charge is 2.11. The number of Topliss-reactive ketones (excluding diaryl/α,β-unsaturated/α-hetero) is 1. The van der Waals surface area contributed by atoms with Gasteiger partial charge in [-0.1, -0.05) is 24.3 Å². The molecule has 0 radical (unpaired) electrons. The minimum atomic E-state index is -0.471. The summed E-state index contributed by atoms with van der Waals surface area (Å²) in [5.74, 6) is 0.410. The van der Waals surface area contributed by atoms with E-state index in [2.05, 4.69) is 0 Å². The summed E-state index contributed by atoms with van der Waals surface area (Å²) in [6, 6.07) is 7.16. The topological polar surface area (TPSA) is 17.1 Å². The Hall–Kier alpha value is -0.530. The highest BCUT2D eigenvalue weighted by molar-refractivity contribution is 6.33. The zero-order valence-electron chi connectivity index (χ0n) is 7.26. The maximum Gasteiger partial charge on any atom is 0.180 e. The van der Waals surface area contributed by atoms with Crippen LogP contribution in [0.25, 0.3) is 0 Å². The largest absolute Gasteiger partial charge is 0.293 e. The number of halogens is 2. The first-order valence-corrected chi connectivity index (χ1v) is 4.95. The number of benzene rings is 1. The average Bonchev–Trinajstić information content (AvgIpc) is 2.17. The second-order valence-electron chi connectivity index (χ2n) is 2.81. The van der Waals surface area contributed by atoms with Gasteiger partial charge < -0.3 is 0 Å². The zero-order valence-corrected chi connectivity index (χ0v) is 8.77. The van der Waals surface area contributed by atoms with Gasteiger partial charge in [-0.25, -0.2) is 0 Å². The summed E-state index contributed by atoms with van der Waals surface area (Å²) in [7, 11) is 0. The van der Waals surface area contributed by atoms with Crippen molar-refractivity contribution in [3.8, 4) is 0 Å². The van der Waals surface area contributed by atoms with Crippen molar-refractivity contribution < 1.29 is 4.79 Å². The molecule has 1 aromatic carbocycles. The monoisotopic (exact) mass is 216 g/mol. The summed E-state index contributed by atoms with van der Waals surface area (Å²) in [5, 5.41) is -0.471. The van der Waals surface area contributed by atoms with Crippen LogP contribution in [0.15, 0.2) is 24.3 Å². The number of hydrogen-bond acceptors (Lipinski definition) is 1. The van der Waals surface area contributed by atoms with Crippen LogP contribution in [0.2, 0.25) is 0 Å². The maximum atomic E-state index is 11.4. The molecule has 0 bridgehead atoms. The molecule has 1 nitrogen and oxygen atoms in total. The number of carbonyl (C=O) groups is 1. The Morgan fingerprint density at radius 2 is 1.92 bits per heavy atom. The van der Waals surface area contributed by atoms with Crippen molar-refractivity contribution in [2.24, 2.45) is 0 Å². The van der Waals surface area contributed by atoms with Crippen molar-refractivity contribution in [1.29, 1.82) is 0 Å². The van der Waals surface area contributed by atoms with Crippen molar-refractivity contribution in [3.63, 3.8) is 0 Å². The Kier molecular flexibility index (Phi) is 3.76. The third-order valence-corrected chi connectivity index (χ3v) is 2.26. The third kappa shape index (κ3) is 2.71. The van der Waals surface area contributed by atoms with Crippen LogP contribution in [-0.2, 0) is 5.88 Å². The van der Waals surface area contributed by atoms with Gasteiger partial charge in [0.15, 0.2) is 5.78 Å². The van der Waals surface area contributed by atoms with E-state index in [9.17, 15) is 4.79 Å². The quantitative estimate of drug-likeness (QED) is 0.561. The molecule has 1 aromatic rings. The van der Waals surface area contributed by atoms with Gasteiger partial charge in [0.25, 0.3) is 0 Å². The molecule has 0 heterocycles. The Bertz CT molecular complexity index is 290. The van der Waals surface area contributed by atoms with Crippen LogP contribution in [0.4, 0.5) is 0 Å². The molecule has 0 N–H and O–H groups in total. The summed E-state index contributed by atoms with van der Waals surface area (Å²) in [5.41, 5.74) is 1.64. The Balaban J connectivity index is 2.86. The van der Waals surface area contributed by atoms with Crippen LogP contribution in [0, 0.1) is 0 Å². The lowest BCUT2D eigenvalue weighted by Crippen LogP contribution is -2.10. The zero-order chi connectivity index (χ0) is 9.84. The van der Waals surface area contributed by atoms with Gasteiger partial charge in [0, 0.05) is 11.4 Å². The van der Waals surface area contributed by atoms with Crippen LogP contribution >= 0.6 is 23.2 Å². The van der Waals surface area contributed by atoms with Gasteiger partial charge in [0.2, 0.25) is 0 Å². The molecule has 0 aliphatic carbocycles. The van der Waals surface area contributed by atoms with Crippen molar-refractivity contribution in [2.45, 2.75) is 18.2 Å². The highest BCUT2D eigenvalue weighted by atomic mass is 35.5. The second kappa shape index (κ2) is 4.64. The van der Waals surface area contributed by atoms with Crippen molar-refractivity contribution in [2.75, 3.05) is 0 Å². The molecule has 1 unspecified atom stereocenters. The molecule has 0 fully saturated rings. The summed E-state index contributed by atoms with van der Waals surface area (Å²) in [6.07, 6.45) is 0. The van der Waals surface area contributed by atoms with Gasteiger partial charge in [0.05, 0.1) is 5.38 Å². The molecular weight excluding hydrogens is 207 g/mol. The maximum absolute atomic E-state index is 11.4. The molecule has 13 heavy (non-hydrogen) atoms. The minimum absolute atomic E-state index is 0.0530. The van der Waals surface area contributed by atoms with Crippen molar-refractivity contribution in [3.05, 3.63) is 35.4 Å². The molecule has 0 saturated carbocycles. The van der Waals surface area contributed by atoms with Gasteiger partial charge in [0.1, 0.15) is 0 Å². The van der Waals surface area contributed by atoms with Crippen LogP contribution in [0.5, 0.6) is 0 Å². The second-order valence-corrected chi connectivity index (χ2v) is 3.73. The van der Waals surface area contributed by atoms with Crippen LogP contribution in [0.1, 0.15) is 22.8 Å². The van der Waals surface area contributed by atoms with E-state index in [4.69, 9.17) is 23.2 Å². The summed E-state index contributed by atoms with van der Waals surface area (Å²) < 4.78 is 0. The molecule has 0 amide bonds. The van der Waals surface area contributed by atoms with Gasteiger partial charge in [-0.05, 0) is 12.5 Å². The third-order valence-electron chi connectivity index (χ3n) is 1.75. The fourth-order valence-electron chi connectivity index (χ4n) is 0.988. The number of hydrogen-bond donors (Lipinski definition) is 0. The first-order chi connectivity index (χ1) is 6.15. The molecule has 0 spiro atoms. The van der Waals surface area contributed by atoms with E-state index in [-0.39, 0.29) is 5.78 Å². The highest BCUT2D eigenvalue weighted by Crippen LogP contribution is 2.11. The van der Waals surface area contributed by atoms with E-state index < -0.39 is 5.38 Å². The Labute approximate surface area is 87.7 Å². The van der Waals surface area contributed by atoms with Crippen LogP contribution in [0.3, 0.4) is 0 Å². The van der Waals surface area contributed by atoms with E-state index in [0.29, 0.717) is 11.4 Å². The predicted octanol–water partition coefficient (Wildman–Crippen LogP) is 3.24. The molecule has 1 rings (SSSR count). The first-order valence-electron chi connectivity index (χ1n) is 3.98. The number of ketones is 1. The van der Waals surface area contributed by atoms with Gasteiger partial charge in [-0.3, -0.25) is 4.79 Å². The van der Waals surface area contributed by atoms with Crippen molar-refractivity contribution in [1.82, 2.24) is 0 Å². The van der Waals surface area contributed by atoms with E-state index in [1.54, 1.807) is 19.1 Å². The summed E-state index contributed by atoms with van der Waals surface area (Å²) in [4.78, 5) is 11.4. The average molecular weight is 217 g/mol. The minimum Gasteiger partial charge on any atom is -0.293 e. The van der Waals surface area contributed by atoms with E-state index in [1.807, 2.05) is 12.1 Å². The number of carbonyl (C=O) groups excluding carboxylic acids is 1. The smallest absolute Gasteiger partial charge is 0.180 e. The number of alkyl halides is 2. The Morgan fingerprint density at radius 3 is 2.31 bits per heavy atom. The molecule has 1 atom stereocenters. The molecule has 70 valence electrons. The molecule has 0 aromatic heterocycles. The molecule has 0 saturated heterocycles. The number of rotatable bonds is 3. The summed E-state index contributed by atoms with van der Waals surface area (Å²) >= 11 is 11.3. The fraction of sp³-hybridized carbons (Fsp3) is 0.300. The Morgan fingerprint density at radius 1 is 1.38 bits per heavy atom. The van der Waals surface area contributed by atoms with Crippen LogP contribution in [-0.4, -0.2) is 11.2 Å².